The molecule has 0 spiro atoms. The molecule has 236 valence electrons. The van der Waals surface area contributed by atoms with E-state index in [1.807, 2.05) is 18.2 Å². The first kappa shape index (κ1) is 36.5. The van der Waals surface area contributed by atoms with E-state index in [-0.39, 0.29) is 18.3 Å². The monoisotopic (exact) mass is 583 g/mol. The molecule has 0 bridgehead atoms. The van der Waals surface area contributed by atoms with E-state index in [2.05, 4.69) is 19.2 Å². The number of ether oxygens (including phenoxy) is 5. The number of rotatable bonds is 20. The second kappa shape index (κ2) is 18.8. The number of aliphatic carboxylic acids is 1. The van der Waals surface area contributed by atoms with Crippen molar-refractivity contribution in [1.29, 1.82) is 0 Å². The predicted octanol–water partition coefficient (Wildman–Crippen LogP) is 5.09. The molecule has 1 rings (SSSR count). The number of hydrogen-bond acceptors (Lipinski definition) is 8. The molecule has 0 saturated heterocycles. The molecule has 0 aliphatic rings. The lowest BCUT2D eigenvalue weighted by molar-refractivity contribution is -0.142. The lowest BCUT2D eigenvalue weighted by atomic mass is 9.82. The Morgan fingerprint density at radius 3 is 2.00 bits per heavy atom. The van der Waals surface area contributed by atoms with Gasteiger partial charge in [0.05, 0.1) is 31.3 Å². The molecule has 1 aromatic carbocycles. The molecular weight excluding hydrogens is 530 g/mol. The average molecular weight is 584 g/mol. The van der Waals surface area contributed by atoms with Crippen molar-refractivity contribution in [1.82, 2.24) is 5.32 Å². The third kappa shape index (κ3) is 15.3. The molecule has 4 unspecified atom stereocenters. The summed E-state index contributed by atoms with van der Waals surface area (Å²) >= 11 is 0. The summed E-state index contributed by atoms with van der Waals surface area (Å²) in [5, 5.41) is 23.2. The van der Waals surface area contributed by atoms with Crippen molar-refractivity contribution in [3.63, 3.8) is 0 Å². The topological polar surface area (TPSA) is 133 Å². The van der Waals surface area contributed by atoms with E-state index < -0.39 is 35.7 Å². The van der Waals surface area contributed by atoms with Gasteiger partial charge in [0.15, 0.2) is 11.5 Å². The minimum atomic E-state index is -1.06. The highest BCUT2D eigenvalue weighted by molar-refractivity contribution is 5.70. The van der Waals surface area contributed by atoms with Gasteiger partial charge in [-0.1, -0.05) is 26.8 Å². The molecule has 4 atom stereocenters. The van der Waals surface area contributed by atoms with E-state index >= 15 is 0 Å². The van der Waals surface area contributed by atoms with Crippen molar-refractivity contribution in [3.8, 4) is 11.5 Å². The van der Waals surface area contributed by atoms with E-state index in [0.717, 1.165) is 18.4 Å². The highest BCUT2D eigenvalue weighted by atomic mass is 16.6. The highest BCUT2D eigenvalue weighted by Gasteiger charge is 2.31. The Balaban J connectivity index is 3.15. The molecule has 0 radical (unpaired) electrons. The molecule has 0 aliphatic heterocycles. The number of aliphatic hydroxyl groups is 1. The number of aliphatic hydroxyl groups excluding tert-OH is 1. The number of methoxy groups -OCH3 is 2. The van der Waals surface area contributed by atoms with Gasteiger partial charge in [0.25, 0.3) is 0 Å². The van der Waals surface area contributed by atoms with Crippen molar-refractivity contribution >= 4 is 12.1 Å². The van der Waals surface area contributed by atoms with Gasteiger partial charge in [-0.25, -0.2) is 4.79 Å². The fourth-order valence-electron chi connectivity index (χ4n) is 4.30. The van der Waals surface area contributed by atoms with Crippen LogP contribution in [0.1, 0.15) is 72.8 Å². The average Bonchev–Trinajstić information content (AvgIpc) is 2.87. The molecule has 1 aromatic rings. The van der Waals surface area contributed by atoms with Gasteiger partial charge in [-0.05, 0) is 69.6 Å². The summed E-state index contributed by atoms with van der Waals surface area (Å²) in [6.07, 6.45) is 0.892. The van der Waals surface area contributed by atoms with Crippen LogP contribution in [0.3, 0.4) is 0 Å². The van der Waals surface area contributed by atoms with Crippen LogP contribution in [0.4, 0.5) is 4.79 Å². The van der Waals surface area contributed by atoms with Gasteiger partial charge >= 0.3 is 12.1 Å². The van der Waals surface area contributed by atoms with Crippen molar-refractivity contribution in [2.45, 2.75) is 91.4 Å². The number of amides is 1. The fraction of sp³-hybridized carbons (Fsp3) is 0.742. The third-order valence-electron chi connectivity index (χ3n) is 6.69. The number of carboxylic acid groups (broad SMARTS) is 1. The van der Waals surface area contributed by atoms with E-state index in [9.17, 15) is 19.8 Å². The lowest BCUT2D eigenvalue weighted by Crippen LogP contribution is -2.47. The number of carboxylic acids is 1. The largest absolute Gasteiger partial charge is 0.490 e. The summed E-state index contributed by atoms with van der Waals surface area (Å²) in [5.74, 6) is -0.191. The van der Waals surface area contributed by atoms with E-state index in [4.69, 9.17) is 23.7 Å². The van der Waals surface area contributed by atoms with Crippen LogP contribution in [0.2, 0.25) is 0 Å². The summed E-state index contributed by atoms with van der Waals surface area (Å²) in [4.78, 5) is 24.1. The van der Waals surface area contributed by atoms with Crippen LogP contribution in [0.15, 0.2) is 18.2 Å². The SMILES string of the molecule is COCCCOc1ccc(CC(CC(NC(=O)OC(C)(C)C)C(O)CC(C)C(=O)O)C(C)C)cc1OCCCOC. The first-order chi connectivity index (χ1) is 19.3. The summed E-state index contributed by atoms with van der Waals surface area (Å²) in [7, 11) is 3.31. The zero-order valence-corrected chi connectivity index (χ0v) is 26.2. The summed E-state index contributed by atoms with van der Waals surface area (Å²) in [5.41, 5.74) is 0.317. The summed E-state index contributed by atoms with van der Waals surface area (Å²) in [6, 6.07) is 5.20. The summed E-state index contributed by atoms with van der Waals surface area (Å²) < 4.78 is 27.7. The zero-order chi connectivity index (χ0) is 31.0. The minimum absolute atomic E-state index is 0.00911. The van der Waals surface area contributed by atoms with Crippen molar-refractivity contribution in [3.05, 3.63) is 23.8 Å². The number of benzene rings is 1. The van der Waals surface area contributed by atoms with Gasteiger partial charge in [0.1, 0.15) is 5.60 Å². The van der Waals surface area contributed by atoms with Gasteiger partial charge < -0.3 is 39.2 Å². The van der Waals surface area contributed by atoms with E-state index in [1.165, 1.54) is 0 Å². The van der Waals surface area contributed by atoms with Crippen molar-refractivity contribution in [2.75, 3.05) is 40.6 Å². The number of carbonyl (C=O) groups is 2. The fourth-order valence-corrected chi connectivity index (χ4v) is 4.30. The molecule has 0 aliphatic carbocycles. The van der Waals surface area contributed by atoms with Crippen LogP contribution in [0, 0.1) is 17.8 Å². The van der Waals surface area contributed by atoms with E-state index in [1.54, 1.807) is 41.9 Å². The smallest absolute Gasteiger partial charge is 0.407 e. The third-order valence-corrected chi connectivity index (χ3v) is 6.69. The predicted molar refractivity (Wildman–Crippen MR) is 158 cm³/mol. The van der Waals surface area contributed by atoms with Gasteiger partial charge in [0, 0.05) is 40.3 Å². The number of alkyl carbamates (subject to hydrolysis) is 1. The number of carbonyl (C=O) groups excluding carboxylic acids is 1. The lowest BCUT2D eigenvalue weighted by Gasteiger charge is -2.32. The van der Waals surface area contributed by atoms with Crippen LogP contribution in [0.25, 0.3) is 0 Å². The molecule has 3 N–H and O–H groups in total. The van der Waals surface area contributed by atoms with Gasteiger partial charge in [-0.15, -0.1) is 0 Å². The maximum absolute atomic E-state index is 12.7. The minimum Gasteiger partial charge on any atom is -0.490 e. The first-order valence-corrected chi connectivity index (χ1v) is 14.5. The Kier molecular flexibility index (Phi) is 16.7. The molecular formula is C31H53NO9. The molecule has 0 fully saturated rings. The Bertz CT molecular complexity index is 900. The zero-order valence-electron chi connectivity index (χ0n) is 26.2. The molecule has 1 amide bonds. The second-order valence-electron chi connectivity index (χ2n) is 11.9. The highest BCUT2D eigenvalue weighted by Crippen LogP contribution is 2.32. The number of hydrogen-bond donors (Lipinski definition) is 3. The maximum atomic E-state index is 12.7. The molecule has 0 saturated carbocycles. The molecule has 0 aromatic heterocycles. The van der Waals surface area contributed by atoms with E-state index in [0.29, 0.717) is 50.8 Å². The molecule has 41 heavy (non-hydrogen) atoms. The van der Waals surface area contributed by atoms with Crippen LogP contribution < -0.4 is 14.8 Å². The van der Waals surface area contributed by atoms with Crippen molar-refractivity contribution in [2.24, 2.45) is 17.8 Å². The van der Waals surface area contributed by atoms with Crippen LogP contribution in [0.5, 0.6) is 11.5 Å². The van der Waals surface area contributed by atoms with Gasteiger partial charge in [0.2, 0.25) is 0 Å². The first-order valence-electron chi connectivity index (χ1n) is 14.5. The van der Waals surface area contributed by atoms with Crippen LogP contribution >= 0.6 is 0 Å². The van der Waals surface area contributed by atoms with Gasteiger partial charge in [-0.3, -0.25) is 4.79 Å². The Labute approximate surface area is 246 Å². The quantitative estimate of drug-likeness (QED) is 0.180. The Hall–Kier alpha value is -2.56. The Morgan fingerprint density at radius 2 is 1.49 bits per heavy atom. The standard InChI is InChI=1S/C31H53NO9/c1-21(2)24(20-25(26(33)17-22(3)29(34)35)32-30(36)41-31(4,5)6)18-23-11-12-27(39-15-9-13-37-7)28(19-23)40-16-10-14-38-8/h11-12,19,21-22,24-26,33H,9-10,13-18,20H2,1-8H3,(H,32,36)(H,34,35). The molecule has 10 heteroatoms. The second-order valence-corrected chi connectivity index (χ2v) is 11.9. The van der Waals surface area contributed by atoms with Gasteiger partial charge in [-0.2, -0.15) is 0 Å². The Morgan fingerprint density at radius 1 is 0.902 bits per heavy atom. The molecule has 10 nitrogen and oxygen atoms in total. The maximum Gasteiger partial charge on any atom is 0.407 e. The normalized spacial score (nSPS) is 14.7. The molecule has 0 heterocycles. The van der Waals surface area contributed by atoms with Crippen molar-refractivity contribution < 1.29 is 43.5 Å². The van der Waals surface area contributed by atoms with Crippen LogP contribution in [-0.2, 0) is 25.4 Å². The summed E-state index contributed by atoms with van der Waals surface area (Å²) in [6.45, 7) is 13.2. The number of nitrogens with one attached hydrogen (secondary N) is 1. The van der Waals surface area contributed by atoms with Crippen LogP contribution in [-0.4, -0.2) is 80.7 Å².